The standard InChI is InChI=1S/C9H21OSi/c1-8(2,3)11(7,10)9(4,5)6/h1-7H3. The van der Waals surface area contributed by atoms with E-state index in [-0.39, 0.29) is 10.1 Å². The van der Waals surface area contributed by atoms with Gasteiger partial charge in [0, 0.05) is 0 Å². The van der Waals surface area contributed by atoms with Crippen molar-refractivity contribution in [2.45, 2.75) is 58.2 Å². The second-order valence-electron chi connectivity index (χ2n) is 5.53. The molecule has 0 aromatic heterocycles. The van der Waals surface area contributed by atoms with Crippen molar-refractivity contribution in [3.63, 3.8) is 0 Å². The third-order valence-corrected chi connectivity index (χ3v) is 8.59. The first-order valence-corrected chi connectivity index (χ1v) is 6.61. The minimum atomic E-state index is -2.36. The highest BCUT2D eigenvalue weighted by Crippen LogP contribution is 2.49. The van der Waals surface area contributed by atoms with Crippen molar-refractivity contribution in [3.8, 4) is 0 Å². The van der Waals surface area contributed by atoms with Gasteiger partial charge in [0.1, 0.15) is 0 Å². The van der Waals surface area contributed by atoms with E-state index in [1.807, 2.05) is 6.55 Å². The maximum Gasteiger partial charge on any atom is 0.244 e. The Morgan fingerprint density at radius 2 is 1.00 bits per heavy atom. The molecular formula is C9H21OSi. The first kappa shape index (κ1) is 11.2. The summed E-state index contributed by atoms with van der Waals surface area (Å²) in [5.74, 6) is 0. The lowest BCUT2D eigenvalue weighted by Gasteiger charge is -2.42. The van der Waals surface area contributed by atoms with Gasteiger partial charge in [0.15, 0.2) is 0 Å². The molecule has 0 saturated heterocycles. The SMILES string of the molecule is CC(C)(C)[Si](C)([O])C(C)(C)C. The molecule has 0 saturated carbocycles. The summed E-state index contributed by atoms with van der Waals surface area (Å²) < 4.78 is 0. The summed E-state index contributed by atoms with van der Waals surface area (Å²) in [5, 5.41) is -0.0729. The van der Waals surface area contributed by atoms with Crippen LogP contribution in [0.2, 0.25) is 16.6 Å². The highest BCUT2D eigenvalue weighted by molar-refractivity contribution is 6.76. The molecule has 1 nitrogen and oxygen atoms in total. The molecule has 0 aromatic rings. The van der Waals surface area contributed by atoms with E-state index >= 15 is 0 Å². The fourth-order valence-corrected chi connectivity index (χ4v) is 3.38. The molecule has 0 aliphatic heterocycles. The molecule has 0 rings (SSSR count). The Labute approximate surface area is 72.0 Å². The molecule has 0 aliphatic rings. The minimum absolute atomic E-state index is 0.0365. The van der Waals surface area contributed by atoms with Crippen molar-refractivity contribution in [1.82, 2.24) is 0 Å². The van der Waals surface area contributed by atoms with Crippen molar-refractivity contribution >= 4 is 8.32 Å². The molecule has 0 N–H and O–H groups in total. The Kier molecular flexibility index (Phi) is 2.64. The van der Waals surface area contributed by atoms with Gasteiger partial charge in [-0.15, -0.1) is 0 Å². The third-order valence-electron chi connectivity index (χ3n) is 2.86. The fourth-order valence-electron chi connectivity index (χ4n) is 1.12. The first-order valence-electron chi connectivity index (χ1n) is 4.20. The van der Waals surface area contributed by atoms with Crippen molar-refractivity contribution in [3.05, 3.63) is 0 Å². The summed E-state index contributed by atoms with van der Waals surface area (Å²) in [4.78, 5) is 12.3. The highest BCUT2D eigenvalue weighted by atomic mass is 28.4. The fraction of sp³-hybridized carbons (Fsp3) is 1.00. The quantitative estimate of drug-likeness (QED) is 0.499. The van der Waals surface area contributed by atoms with Crippen LogP contribution >= 0.6 is 0 Å². The van der Waals surface area contributed by atoms with Crippen LogP contribution in [0.1, 0.15) is 41.5 Å². The summed E-state index contributed by atoms with van der Waals surface area (Å²) in [6.45, 7) is 14.3. The molecule has 67 valence electrons. The van der Waals surface area contributed by atoms with Crippen LogP contribution in [-0.2, 0) is 4.80 Å². The van der Waals surface area contributed by atoms with Gasteiger partial charge in [0.05, 0.1) is 0 Å². The second kappa shape index (κ2) is 2.59. The topological polar surface area (TPSA) is 19.9 Å². The summed E-state index contributed by atoms with van der Waals surface area (Å²) in [6.07, 6.45) is 0. The highest BCUT2D eigenvalue weighted by Gasteiger charge is 2.50. The third kappa shape index (κ3) is 2.06. The molecule has 0 aromatic carbocycles. The van der Waals surface area contributed by atoms with Gasteiger partial charge in [0.2, 0.25) is 8.32 Å². The summed E-state index contributed by atoms with van der Waals surface area (Å²) in [7, 11) is -2.36. The van der Waals surface area contributed by atoms with Crippen LogP contribution in [0.4, 0.5) is 0 Å². The molecular weight excluding hydrogens is 152 g/mol. The Bertz CT molecular complexity index is 121. The molecule has 0 fully saturated rings. The lowest BCUT2D eigenvalue weighted by atomic mass is 10.2. The average Bonchev–Trinajstić information content (AvgIpc) is 1.58. The predicted molar refractivity (Wildman–Crippen MR) is 51.7 cm³/mol. The van der Waals surface area contributed by atoms with E-state index in [0.29, 0.717) is 0 Å². The van der Waals surface area contributed by atoms with E-state index in [0.717, 1.165) is 0 Å². The summed E-state index contributed by atoms with van der Waals surface area (Å²) in [6, 6.07) is 0. The Morgan fingerprint density at radius 1 is 0.818 bits per heavy atom. The Hall–Kier alpha value is 0.177. The number of rotatable bonds is 0. The zero-order valence-electron chi connectivity index (χ0n) is 8.91. The lowest BCUT2D eigenvalue weighted by Crippen LogP contribution is -2.47. The molecule has 0 bridgehead atoms. The van der Waals surface area contributed by atoms with E-state index in [1.54, 1.807) is 0 Å². The van der Waals surface area contributed by atoms with E-state index in [2.05, 4.69) is 41.5 Å². The summed E-state index contributed by atoms with van der Waals surface area (Å²) in [5.41, 5.74) is 0. The van der Waals surface area contributed by atoms with Crippen LogP contribution < -0.4 is 0 Å². The number of hydrogen-bond acceptors (Lipinski definition) is 0. The van der Waals surface area contributed by atoms with Crippen LogP contribution in [0.25, 0.3) is 0 Å². The van der Waals surface area contributed by atoms with Crippen LogP contribution in [0.3, 0.4) is 0 Å². The van der Waals surface area contributed by atoms with Crippen LogP contribution in [0.15, 0.2) is 0 Å². The molecule has 0 aliphatic carbocycles. The van der Waals surface area contributed by atoms with E-state index < -0.39 is 8.32 Å². The zero-order chi connectivity index (χ0) is 9.50. The van der Waals surface area contributed by atoms with Crippen LogP contribution in [0.5, 0.6) is 0 Å². The van der Waals surface area contributed by atoms with Crippen molar-refractivity contribution < 1.29 is 4.80 Å². The van der Waals surface area contributed by atoms with Gasteiger partial charge >= 0.3 is 0 Å². The molecule has 11 heavy (non-hydrogen) atoms. The largest absolute Gasteiger partial charge is 0.297 e. The van der Waals surface area contributed by atoms with Gasteiger partial charge < -0.3 is 0 Å². The van der Waals surface area contributed by atoms with Gasteiger partial charge in [0.25, 0.3) is 0 Å². The maximum absolute atomic E-state index is 12.3. The second-order valence-corrected chi connectivity index (χ2v) is 10.6. The predicted octanol–water partition coefficient (Wildman–Crippen LogP) is 3.59. The van der Waals surface area contributed by atoms with Crippen LogP contribution in [0, 0.1) is 0 Å². The molecule has 0 unspecified atom stereocenters. The monoisotopic (exact) mass is 173 g/mol. The summed E-state index contributed by atoms with van der Waals surface area (Å²) >= 11 is 0. The van der Waals surface area contributed by atoms with E-state index in [1.165, 1.54) is 0 Å². The smallest absolute Gasteiger partial charge is 0.244 e. The number of hydrogen-bond donors (Lipinski definition) is 0. The molecule has 2 heteroatoms. The van der Waals surface area contributed by atoms with Crippen molar-refractivity contribution in [2.24, 2.45) is 0 Å². The van der Waals surface area contributed by atoms with Gasteiger partial charge in [-0.1, -0.05) is 41.5 Å². The average molecular weight is 173 g/mol. The normalized spacial score (nSPS) is 15.3. The zero-order valence-corrected chi connectivity index (χ0v) is 9.91. The van der Waals surface area contributed by atoms with Crippen LogP contribution in [-0.4, -0.2) is 8.32 Å². The lowest BCUT2D eigenvalue weighted by molar-refractivity contribution is 0.343. The van der Waals surface area contributed by atoms with Gasteiger partial charge in [-0.25, -0.2) is 0 Å². The van der Waals surface area contributed by atoms with Crippen molar-refractivity contribution in [1.29, 1.82) is 0 Å². The molecule has 0 heterocycles. The minimum Gasteiger partial charge on any atom is -0.297 e. The van der Waals surface area contributed by atoms with E-state index in [9.17, 15) is 4.80 Å². The van der Waals surface area contributed by atoms with Gasteiger partial charge in [-0.05, 0) is 16.6 Å². The Balaban J connectivity index is 4.75. The van der Waals surface area contributed by atoms with E-state index in [4.69, 9.17) is 0 Å². The van der Waals surface area contributed by atoms with Gasteiger partial charge in [-0.2, -0.15) is 0 Å². The Morgan fingerprint density at radius 3 is 1.00 bits per heavy atom. The molecule has 0 atom stereocenters. The van der Waals surface area contributed by atoms with Crippen molar-refractivity contribution in [2.75, 3.05) is 0 Å². The molecule has 0 amide bonds. The maximum atomic E-state index is 12.3. The molecule has 0 spiro atoms. The van der Waals surface area contributed by atoms with Gasteiger partial charge in [-0.3, -0.25) is 4.80 Å². The first-order chi connectivity index (χ1) is 4.50. The molecule has 1 radical (unpaired) electrons.